The van der Waals surface area contributed by atoms with Crippen LogP contribution in [-0.2, 0) is 0 Å². The van der Waals surface area contributed by atoms with Crippen LogP contribution in [0.1, 0.15) is 87.6 Å². The van der Waals surface area contributed by atoms with E-state index in [1.54, 1.807) is 0 Å². The van der Waals surface area contributed by atoms with Gasteiger partial charge in [-0.05, 0) is 112 Å². The van der Waals surface area contributed by atoms with Gasteiger partial charge in [0.25, 0.3) is 0 Å². The number of aliphatic hydroxyl groups is 1. The van der Waals surface area contributed by atoms with Crippen LogP contribution in [0.25, 0.3) is 0 Å². The third-order valence-corrected chi connectivity index (χ3v) is 9.96. The highest BCUT2D eigenvalue weighted by Gasteiger charge is 2.58. The number of aryl methyl sites for hydroxylation is 1. The number of hydrogen-bond acceptors (Lipinski definition) is 2. The lowest BCUT2D eigenvalue weighted by Gasteiger charge is -2.56. The third kappa shape index (κ3) is 3.12. The topological polar surface area (TPSA) is 37.3 Å². The Hall–Kier alpha value is -1.15. The van der Waals surface area contributed by atoms with E-state index in [1.165, 1.54) is 38.5 Å². The zero-order valence-electron chi connectivity index (χ0n) is 18.5. The van der Waals surface area contributed by atoms with Gasteiger partial charge < -0.3 is 5.11 Å². The Morgan fingerprint density at radius 2 is 1.69 bits per heavy atom. The van der Waals surface area contributed by atoms with Gasteiger partial charge in [0, 0.05) is 11.5 Å². The maximum absolute atomic E-state index is 13.6. The molecule has 1 aromatic rings. The standard InChI is InChI=1S/C27H38O2/c1-17-6-4-5-7-19(17)25(28)24-11-10-23-22-9-8-18-16-26(2,29)14-12-20(18)21(22)13-15-27(23,24)3/h4-7,18,20-24,29H,8-16H2,1-3H3/t18-,20+,21-,22-,23+,24-,26-,27+/m1/s1. The minimum absolute atomic E-state index is 0.188. The van der Waals surface area contributed by atoms with Gasteiger partial charge in [0.05, 0.1) is 5.60 Å². The van der Waals surface area contributed by atoms with Gasteiger partial charge in [0.15, 0.2) is 5.78 Å². The summed E-state index contributed by atoms with van der Waals surface area (Å²) in [6.45, 7) is 6.59. The summed E-state index contributed by atoms with van der Waals surface area (Å²) in [4.78, 5) is 13.6. The molecular weight excluding hydrogens is 356 g/mol. The van der Waals surface area contributed by atoms with Gasteiger partial charge in [0.1, 0.15) is 0 Å². The van der Waals surface area contributed by atoms with Gasteiger partial charge in [-0.15, -0.1) is 0 Å². The summed E-state index contributed by atoms with van der Waals surface area (Å²) in [6, 6.07) is 8.18. The molecule has 29 heavy (non-hydrogen) atoms. The SMILES string of the molecule is Cc1ccccc1C(=O)[C@H]1CC[C@H]2[C@@H]3CC[C@@H]4C[C@](C)(O)CC[C@@H]4[C@H]3CC[C@]12C. The predicted molar refractivity (Wildman–Crippen MR) is 117 cm³/mol. The molecule has 0 radical (unpaired) electrons. The van der Waals surface area contributed by atoms with E-state index in [1.807, 2.05) is 25.1 Å². The van der Waals surface area contributed by atoms with Gasteiger partial charge in [-0.25, -0.2) is 0 Å². The molecule has 0 aliphatic heterocycles. The highest BCUT2D eigenvalue weighted by Crippen LogP contribution is 2.65. The fraction of sp³-hybridized carbons (Fsp3) is 0.741. The van der Waals surface area contributed by atoms with Crippen LogP contribution in [-0.4, -0.2) is 16.5 Å². The molecule has 4 saturated carbocycles. The van der Waals surface area contributed by atoms with Crippen molar-refractivity contribution in [2.75, 3.05) is 0 Å². The number of rotatable bonds is 2. The molecule has 1 N–H and O–H groups in total. The van der Waals surface area contributed by atoms with E-state index in [-0.39, 0.29) is 11.3 Å². The fourth-order valence-electron chi connectivity index (χ4n) is 8.55. The van der Waals surface area contributed by atoms with Crippen molar-refractivity contribution in [3.63, 3.8) is 0 Å². The van der Waals surface area contributed by atoms with Crippen LogP contribution in [0.5, 0.6) is 0 Å². The van der Waals surface area contributed by atoms with Crippen molar-refractivity contribution < 1.29 is 9.90 Å². The number of carbonyl (C=O) groups is 1. The predicted octanol–water partition coefficient (Wildman–Crippen LogP) is 6.20. The molecule has 4 fully saturated rings. The molecule has 2 heteroatoms. The number of fused-ring (bicyclic) bond motifs is 5. The molecule has 5 rings (SSSR count). The molecule has 0 heterocycles. The highest BCUT2D eigenvalue weighted by molar-refractivity contribution is 5.99. The van der Waals surface area contributed by atoms with Gasteiger partial charge in [-0.3, -0.25) is 4.79 Å². The van der Waals surface area contributed by atoms with Crippen LogP contribution >= 0.6 is 0 Å². The second kappa shape index (κ2) is 6.94. The second-order valence-corrected chi connectivity index (χ2v) is 11.5. The summed E-state index contributed by atoms with van der Waals surface area (Å²) < 4.78 is 0. The zero-order valence-corrected chi connectivity index (χ0v) is 18.5. The summed E-state index contributed by atoms with van der Waals surface area (Å²) in [7, 11) is 0. The Balaban J connectivity index is 1.38. The number of carbonyl (C=O) groups excluding carboxylic acids is 1. The normalized spacial score (nSPS) is 46.5. The molecule has 0 saturated heterocycles. The molecule has 0 amide bonds. The van der Waals surface area contributed by atoms with E-state index in [2.05, 4.69) is 19.9 Å². The van der Waals surface area contributed by atoms with E-state index < -0.39 is 5.60 Å². The van der Waals surface area contributed by atoms with Gasteiger partial charge in [-0.2, -0.15) is 0 Å². The highest BCUT2D eigenvalue weighted by atomic mass is 16.3. The maximum Gasteiger partial charge on any atom is 0.166 e. The number of Topliss-reactive ketones (excluding diaryl/α,β-unsaturated/α-hetero) is 1. The number of ketones is 1. The molecule has 158 valence electrons. The van der Waals surface area contributed by atoms with E-state index in [4.69, 9.17) is 0 Å². The monoisotopic (exact) mass is 394 g/mol. The lowest BCUT2D eigenvalue weighted by molar-refractivity contribution is -0.0976. The Bertz CT molecular complexity index is 795. The summed E-state index contributed by atoms with van der Waals surface area (Å²) in [6.07, 6.45) is 10.7. The van der Waals surface area contributed by atoms with Crippen molar-refractivity contribution in [2.45, 2.75) is 84.2 Å². The van der Waals surface area contributed by atoms with Crippen LogP contribution < -0.4 is 0 Å². The first-order valence-electron chi connectivity index (χ1n) is 12.1. The Morgan fingerprint density at radius 3 is 2.48 bits per heavy atom. The van der Waals surface area contributed by atoms with Crippen molar-refractivity contribution in [3.8, 4) is 0 Å². The summed E-state index contributed by atoms with van der Waals surface area (Å²) in [5.41, 5.74) is 1.84. The maximum atomic E-state index is 13.6. The molecule has 0 unspecified atom stereocenters. The first-order chi connectivity index (χ1) is 13.8. The number of benzene rings is 1. The smallest absolute Gasteiger partial charge is 0.166 e. The van der Waals surface area contributed by atoms with E-state index in [0.717, 1.165) is 60.0 Å². The van der Waals surface area contributed by atoms with Gasteiger partial charge >= 0.3 is 0 Å². The summed E-state index contributed by atoms with van der Waals surface area (Å²) in [5, 5.41) is 10.6. The molecule has 1 aromatic carbocycles. The fourth-order valence-corrected chi connectivity index (χ4v) is 8.55. The van der Waals surface area contributed by atoms with Gasteiger partial charge in [0.2, 0.25) is 0 Å². The summed E-state index contributed by atoms with van der Waals surface area (Å²) in [5.74, 6) is 4.55. The van der Waals surface area contributed by atoms with Crippen LogP contribution in [0.3, 0.4) is 0 Å². The first kappa shape index (κ1) is 19.8. The van der Waals surface area contributed by atoms with E-state index >= 15 is 0 Å². The molecular formula is C27H38O2. The molecule has 0 spiro atoms. The Labute approximate surface area is 176 Å². The Kier molecular flexibility index (Phi) is 4.74. The van der Waals surface area contributed by atoms with Crippen molar-refractivity contribution in [1.29, 1.82) is 0 Å². The molecule has 0 bridgehead atoms. The van der Waals surface area contributed by atoms with Crippen LogP contribution in [0.15, 0.2) is 24.3 Å². The average molecular weight is 395 g/mol. The molecule has 8 atom stereocenters. The first-order valence-corrected chi connectivity index (χ1v) is 12.1. The van der Waals surface area contributed by atoms with E-state index in [0.29, 0.717) is 5.78 Å². The minimum Gasteiger partial charge on any atom is -0.390 e. The van der Waals surface area contributed by atoms with E-state index in [9.17, 15) is 9.90 Å². The average Bonchev–Trinajstić information content (AvgIpc) is 3.04. The van der Waals surface area contributed by atoms with Crippen LogP contribution in [0.2, 0.25) is 0 Å². The molecule has 2 nitrogen and oxygen atoms in total. The van der Waals surface area contributed by atoms with Crippen LogP contribution in [0, 0.1) is 47.8 Å². The van der Waals surface area contributed by atoms with Crippen molar-refractivity contribution in [1.82, 2.24) is 0 Å². The third-order valence-electron chi connectivity index (χ3n) is 9.96. The largest absolute Gasteiger partial charge is 0.390 e. The van der Waals surface area contributed by atoms with Crippen molar-refractivity contribution in [2.24, 2.45) is 40.9 Å². The molecule has 0 aromatic heterocycles. The van der Waals surface area contributed by atoms with Crippen LogP contribution in [0.4, 0.5) is 0 Å². The second-order valence-electron chi connectivity index (χ2n) is 11.5. The van der Waals surface area contributed by atoms with Crippen molar-refractivity contribution >= 4 is 5.78 Å². The lowest BCUT2D eigenvalue weighted by atomic mass is 9.49. The lowest BCUT2D eigenvalue weighted by Crippen LogP contribution is -2.51. The summed E-state index contributed by atoms with van der Waals surface area (Å²) >= 11 is 0. The quantitative estimate of drug-likeness (QED) is 0.607. The van der Waals surface area contributed by atoms with Gasteiger partial charge in [-0.1, -0.05) is 31.2 Å². The molecule has 4 aliphatic carbocycles. The molecule has 4 aliphatic rings. The zero-order chi connectivity index (χ0) is 20.4. The Morgan fingerprint density at radius 1 is 0.931 bits per heavy atom. The van der Waals surface area contributed by atoms with Crippen molar-refractivity contribution in [3.05, 3.63) is 35.4 Å². The minimum atomic E-state index is -0.435. The number of hydrogen-bond donors (Lipinski definition) is 1.